The summed E-state index contributed by atoms with van der Waals surface area (Å²) in [5.41, 5.74) is 0.0531. The molecule has 1 aliphatic rings. The normalized spacial score (nSPS) is 19.0. The molecule has 4 nitrogen and oxygen atoms in total. The van der Waals surface area contributed by atoms with Crippen molar-refractivity contribution in [1.29, 1.82) is 0 Å². The van der Waals surface area contributed by atoms with Gasteiger partial charge in [-0.1, -0.05) is 5.16 Å². The third-order valence-electron chi connectivity index (χ3n) is 3.09. The molecule has 0 aliphatic carbocycles. The van der Waals surface area contributed by atoms with Crippen LogP contribution in [0, 0.1) is 17.5 Å². The van der Waals surface area contributed by atoms with Crippen molar-refractivity contribution in [1.82, 2.24) is 15.5 Å². The molecule has 7 heteroatoms. The zero-order valence-corrected chi connectivity index (χ0v) is 9.79. The highest BCUT2D eigenvalue weighted by atomic mass is 19.2. The summed E-state index contributed by atoms with van der Waals surface area (Å²) >= 11 is 0. The maximum Gasteiger partial charge on any atom is 0.231 e. The van der Waals surface area contributed by atoms with Gasteiger partial charge in [0.05, 0.1) is 5.92 Å². The standard InChI is InChI=1S/C12H10F3N3O/c13-8-3-7(4-9(14)10(8)15)11-17-12(19-18-11)6-1-2-16-5-6/h3-4,6,16H,1-2,5H2. The maximum atomic E-state index is 13.1. The van der Waals surface area contributed by atoms with Gasteiger partial charge >= 0.3 is 0 Å². The predicted octanol–water partition coefficient (Wildman–Crippen LogP) is 2.23. The highest BCUT2D eigenvalue weighted by Gasteiger charge is 2.23. The van der Waals surface area contributed by atoms with Crippen LogP contribution in [0.1, 0.15) is 18.2 Å². The summed E-state index contributed by atoms with van der Waals surface area (Å²) in [6.07, 6.45) is 0.869. The van der Waals surface area contributed by atoms with Crippen LogP contribution in [0.25, 0.3) is 11.4 Å². The van der Waals surface area contributed by atoms with Gasteiger partial charge in [0.25, 0.3) is 0 Å². The first-order valence-corrected chi connectivity index (χ1v) is 5.84. The van der Waals surface area contributed by atoms with E-state index in [-0.39, 0.29) is 17.3 Å². The zero-order valence-electron chi connectivity index (χ0n) is 9.79. The van der Waals surface area contributed by atoms with Crippen molar-refractivity contribution >= 4 is 0 Å². The van der Waals surface area contributed by atoms with Gasteiger partial charge in [-0.25, -0.2) is 13.2 Å². The molecule has 1 aliphatic heterocycles. The van der Waals surface area contributed by atoms with Crippen LogP contribution in [0.5, 0.6) is 0 Å². The molecule has 0 spiro atoms. The Hall–Kier alpha value is -1.89. The van der Waals surface area contributed by atoms with Gasteiger partial charge in [-0.15, -0.1) is 0 Å². The first-order chi connectivity index (χ1) is 9.15. The molecule has 2 heterocycles. The number of hydrogen-bond donors (Lipinski definition) is 1. The number of aromatic nitrogens is 2. The van der Waals surface area contributed by atoms with Crippen molar-refractivity contribution in [3.63, 3.8) is 0 Å². The average Bonchev–Trinajstić information content (AvgIpc) is 3.05. The van der Waals surface area contributed by atoms with E-state index in [4.69, 9.17) is 4.52 Å². The van der Waals surface area contributed by atoms with Crippen LogP contribution >= 0.6 is 0 Å². The molecule has 1 aromatic heterocycles. The van der Waals surface area contributed by atoms with Crippen molar-refractivity contribution < 1.29 is 17.7 Å². The van der Waals surface area contributed by atoms with Crippen LogP contribution in [0.15, 0.2) is 16.7 Å². The maximum absolute atomic E-state index is 13.1. The fourth-order valence-electron chi connectivity index (χ4n) is 2.07. The largest absolute Gasteiger partial charge is 0.339 e. The third kappa shape index (κ3) is 2.21. The summed E-state index contributed by atoms with van der Waals surface area (Å²) in [5, 5.41) is 6.82. The van der Waals surface area contributed by atoms with Crippen molar-refractivity contribution in [2.45, 2.75) is 12.3 Å². The predicted molar refractivity (Wildman–Crippen MR) is 59.8 cm³/mol. The summed E-state index contributed by atoms with van der Waals surface area (Å²) < 4.78 is 44.2. The molecule has 0 radical (unpaired) electrons. The second-order valence-corrected chi connectivity index (χ2v) is 4.40. The Morgan fingerprint density at radius 3 is 2.58 bits per heavy atom. The lowest BCUT2D eigenvalue weighted by Gasteiger charge is -1.99. The van der Waals surface area contributed by atoms with E-state index in [1.807, 2.05) is 0 Å². The minimum atomic E-state index is -1.51. The van der Waals surface area contributed by atoms with Gasteiger partial charge in [0.1, 0.15) is 0 Å². The van der Waals surface area contributed by atoms with Crippen LogP contribution in [0.4, 0.5) is 13.2 Å². The lowest BCUT2D eigenvalue weighted by molar-refractivity contribution is 0.359. The third-order valence-corrected chi connectivity index (χ3v) is 3.09. The Morgan fingerprint density at radius 1 is 1.21 bits per heavy atom. The minimum absolute atomic E-state index is 0.0531. The number of hydrogen-bond acceptors (Lipinski definition) is 4. The van der Waals surface area contributed by atoms with Crippen molar-refractivity contribution in [2.75, 3.05) is 13.1 Å². The number of benzene rings is 1. The first-order valence-electron chi connectivity index (χ1n) is 5.84. The molecule has 19 heavy (non-hydrogen) atoms. The minimum Gasteiger partial charge on any atom is -0.339 e. The molecule has 3 rings (SSSR count). The molecule has 0 bridgehead atoms. The second kappa shape index (κ2) is 4.65. The quantitative estimate of drug-likeness (QED) is 0.849. The van der Waals surface area contributed by atoms with E-state index in [0.29, 0.717) is 5.89 Å². The molecule has 1 saturated heterocycles. The molecule has 1 unspecified atom stereocenters. The molecule has 1 fully saturated rings. The van der Waals surface area contributed by atoms with Crippen molar-refractivity contribution in [2.24, 2.45) is 0 Å². The first kappa shape index (κ1) is 12.2. The van der Waals surface area contributed by atoms with Crippen LogP contribution in [-0.4, -0.2) is 23.2 Å². The zero-order chi connectivity index (χ0) is 13.4. The molecular weight excluding hydrogens is 259 g/mol. The van der Waals surface area contributed by atoms with Crippen LogP contribution in [0.2, 0.25) is 0 Å². The number of nitrogens with one attached hydrogen (secondary N) is 1. The fraction of sp³-hybridized carbons (Fsp3) is 0.333. The Kier molecular flexibility index (Phi) is 2.98. The summed E-state index contributed by atoms with van der Waals surface area (Å²) in [6.45, 7) is 1.59. The molecular formula is C12H10F3N3O. The molecule has 1 atom stereocenters. The average molecular weight is 269 g/mol. The molecule has 2 aromatic rings. The van der Waals surface area contributed by atoms with E-state index in [9.17, 15) is 13.2 Å². The Balaban J connectivity index is 1.94. The number of halogens is 3. The Morgan fingerprint density at radius 2 is 1.95 bits per heavy atom. The highest BCUT2D eigenvalue weighted by molar-refractivity contribution is 5.54. The van der Waals surface area contributed by atoms with Gasteiger partial charge in [0.2, 0.25) is 11.7 Å². The summed E-state index contributed by atoms with van der Waals surface area (Å²) in [4.78, 5) is 4.10. The van der Waals surface area contributed by atoms with E-state index in [2.05, 4.69) is 15.5 Å². The van der Waals surface area contributed by atoms with Crippen LogP contribution < -0.4 is 5.32 Å². The fourth-order valence-corrected chi connectivity index (χ4v) is 2.07. The van der Waals surface area contributed by atoms with E-state index in [0.717, 1.165) is 31.6 Å². The number of rotatable bonds is 2. The van der Waals surface area contributed by atoms with Gasteiger partial charge in [0, 0.05) is 12.1 Å². The summed E-state index contributed by atoms with van der Waals surface area (Å²) in [5.74, 6) is -3.47. The molecule has 1 N–H and O–H groups in total. The number of nitrogens with zero attached hydrogens (tertiary/aromatic N) is 2. The smallest absolute Gasteiger partial charge is 0.231 e. The van der Waals surface area contributed by atoms with Crippen molar-refractivity contribution in [3.05, 3.63) is 35.5 Å². The van der Waals surface area contributed by atoms with E-state index in [1.165, 1.54) is 0 Å². The summed E-state index contributed by atoms with van der Waals surface area (Å²) in [7, 11) is 0. The van der Waals surface area contributed by atoms with Gasteiger partial charge in [-0.05, 0) is 25.1 Å². The van der Waals surface area contributed by atoms with Gasteiger partial charge < -0.3 is 9.84 Å². The highest BCUT2D eigenvalue weighted by Crippen LogP contribution is 2.25. The SMILES string of the molecule is Fc1cc(-c2noc(C3CCNC3)n2)cc(F)c1F. The molecule has 1 aromatic carbocycles. The monoisotopic (exact) mass is 269 g/mol. The Bertz CT molecular complexity index is 585. The van der Waals surface area contributed by atoms with Crippen LogP contribution in [-0.2, 0) is 0 Å². The van der Waals surface area contributed by atoms with Crippen molar-refractivity contribution in [3.8, 4) is 11.4 Å². The Labute approximate surface area is 106 Å². The lowest BCUT2D eigenvalue weighted by atomic mass is 10.1. The van der Waals surface area contributed by atoms with Gasteiger partial charge in [-0.3, -0.25) is 0 Å². The van der Waals surface area contributed by atoms with E-state index in [1.54, 1.807) is 0 Å². The second-order valence-electron chi connectivity index (χ2n) is 4.40. The summed E-state index contributed by atoms with van der Waals surface area (Å²) in [6, 6.07) is 1.69. The molecule has 0 amide bonds. The van der Waals surface area contributed by atoms with Crippen LogP contribution in [0.3, 0.4) is 0 Å². The van der Waals surface area contributed by atoms with E-state index < -0.39 is 17.5 Å². The van der Waals surface area contributed by atoms with Gasteiger partial charge in [-0.2, -0.15) is 4.98 Å². The van der Waals surface area contributed by atoms with Gasteiger partial charge in [0.15, 0.2) is 17.5 Å². The topological polar surface area (TPSA) is 51.0 Å². The molecule has 100 valence electrons. The molecule has 0 saturated carbocycles. The van der Waals surface area contributed by atoms with E-state index >= 15 is 0 Å². The lowest BCUT2D eigenvalue weighted by Crippen LogP contribution is -2.08.